The van der Waals surface area contributed by atoms with Gasteiger partial charge in [-0.1, -0.05) is 0 Å². The number of nitrogens with one attached hydrogen (secondary N) is 2. The molecule has 5 heteroatoms. The molecule has 1 atom stereocenters. The van der Waals surface area contributed by atoms with Gasteiger partial charge in [0.2, 0.25) is 5.91 Å². The number of hydrogen-bond donors (Lipinski definition) is 2. The fraction of sp³-hybridized carbons (Fsp3) is 0.857. The third-order valence-electron chi connectivity index (χ3n) is 4.43. The van der Waals surface area contributed by atoms with Gasteiger partial charge in [0.15, 0.2) is 0 Å². The Labute approximate surface area is 114 Å². The Morgan fingerprint density at radius 1 is 1.42 bits per heavy atom. The zero-order chi connectivity index (χ0) is 13.7. The van der Waals surface area contributed by atoms with Gasteiger partial charge in [-0.2, -0.15) is 5.26 Å². The summed E-state index contributed by atoms with van der Waals surface area (Å²) in [6.07, 6.45) is 5.40. The molecule has 1 saturated carbocycles. The van der Waals surface area contributed by atoms with Crippen molar-refractivity contribution in [2.45, 2.75) is 50.2 Å². The number of carbonyl (C=O) groups excluding carboxylic acids is 1. The molecule has 106 valence electrons. The van der Waals surface area contributed by atoms with Crippen LogP contribution in [0.5, 0.6) is 0 Å². The highest BCUT2D eigenvalue weighted by molar-refractivity contribution is 5.78. The standard InChI is InChI=1S/C14H23N3O2/c1-16-14(10-15)6-4-11(5-7-14)13(18)17-9-12-3-2-8-19-12/h11-12,16H,2-9H2,1H3,(H,17,18). The van der Waals surface area contributed by atoms with Gasteiger partial charge in [0.25, 0.3) is 0 Å². The summed E-state index contributed by atoms with van der Waals surface area (Å²) < 4.78 is 5.49. The van der Waals surface area contributed by atoms with Gasteiger partial charge in [-0.3, -0.25) is 4.79 Å². The van der Waals surface area contributed by atoms with Crippen LogP contribution in [0.3, 0.4) is 0 Å². The van der Waals surface area contributed by atoms with E-state index in [4.69, 9.17) is 4.74 Å². The lowest BCUT2D eigenvalue weighted by molar-refractivity contribution is -0.126. The number of ether oxygens (including phenoxy) is 1. The summed E-state index contributed by atoms with van der Waals surface area (Å²) in [6, 6.07) is 2.34. The van der Waals surface area contributed by atoms with E-state index in [1.54, 1.807) is 0 Å². The summed E-state index contributed by atoms with van der Waals surface area (Å²) in [5.41, 5.74) is -0.425. The first kappa shape index (κ1) is 14.3. The van der Waals surface area contributed by atoms with Gasteiger partial charge in [0, 0.05) is 19.1 Å². The van der Waals surface area contributed by atoms with Crippen LogP contribution in [0.2, 0.25) is 0 Å². The summed E-state index contributed by atoms with van der Waals surface area (Å²) in [7, 11) is 1.82. The summed E-state index contributed by atoms with van der Waals surface area (Å²) in [5, 5.41) is 15.3. The van der Waals surface area contributed by atoms with E-state index in [1.165, 1.54) is 0 Å². The molecule has 19 heavy (non-hydrogen) atoms. The maximum atomic E-state index is 12.1. The molecule has 2 N–H and O–H groups in total. The second kappa shape index (κ2) is 6.36. The second-order valence-corrected chi connectivity index (χ2v) is 5.60. The minimum absolute atomic E-state index is 0.0521. The zero-order valence-electron chi connectivity index (χ0n) is 11.6. The summed E-state index contributed by atoms with van der Waals surface area (Å²) in [4.78, 5) is 12.1. The van der Waals surface area contributed by atoms with E-state index in [1.807, 2.05) is 7.05 Å². The molecule has 1 aliphatic carbocycles. The highest BCUT2D eigenvalue weighted by Crippen LogP contribution is 2.31. The highest BCUT2D eigenvalue weighted by atomic mass is 16.5. The van der Waals surface area contributed by atoms with E-state index in [9.17, 15) is 10.1 Å². The first-order valence-corrected chi connectivity index (χ1v) is 7.18. The van der Waals surface area contributed by atoms with Crippen LogP contribution in [-0.2, 0) is 9.53 Å². The van der Waals surface area contributed by atoms with Crippen LogP contribution in [0.1, 0.15) is 38.5 Å². The molecule has 1 heterocycles. The molecule has 2 aliphatic rings. The van der Waals surface area contributed by atoms with Crippen LogP contribution in [0.4, 0.5) is 0 Å². The molecule has 0 aromatic carbocycles. The highest BCUT2D eigenvalue weighted by Gasteiger charge is 2.36. The molecule has 1 aliphatic heterocycles. The molecule has 1 saturated heterocycles. The average molecular weight is 265 g/mol. The van der Waals surface area contributed by atoms with Gasteiger partial charge in [0.1, 0.15) is 5.54 Å². The number of nitriles is 1. The van der Waals surface area contributed by atoms with Crippen molar-refractivity contribution in [1.29, 1.82) is 5.26 Å². The van der Waals surface area contributed by atoms with Gasteiger partial charge in [-0.25, -0.2) is 0 Å². The molecular formula is C14H23N3O2. The Hall–Kier alpha value is -1.12. The monoisotopic (exact) mass is 265 g/mol. The molecule has 2 rings (SSSR count). The SMILES string of the molecule is CNC1(C#N)CCC(C(=O)NCC2CCCO2)CC1. The largest absolute Gasteiger partial charge is 0.376 e. The predicted molar refractivity (Wildman–Crippen MR) is 71.3 cm³/mol. The molecule has 0 aromatic rings. The lowest BCUT2D eigenvalue weighted by Gasteiger charge is -2.34. The first-order valence-electron chi connectivity index (χ1n) is 7.18. The average Bonchev–Trinajstić information content (AvgIpc) is 2.98. The summed E-state index contributed by atoms with van der Waals surface area (Å²) in [6.45, 7) is 1.45. The lowest BCUT2D eigenvalue weighted by Crippen LogP contribution is -2.47. The minimum Gasteiger partial charge on any atom is -0.376 e. The van der Waals surface area contributed by atoms with Gasteiger partial charge in [-0.15, -0.1) is 0 Å². The molecule has 1 amide bonds. The van der Waals surface area contributed by atoms with Crippen molar-refractivity contribution in [3.05, 3.63) is 0 Å². The fourth-order valence-electron chi connectivity index (χ4n) is 2.95. The van der Waals surface area contributed by atoms with E-state index in [-0.39, 0.29) is 17.9 Å². The van der Waals surface area contributed by atoms with Crippen molar-refractivity contribution in [2.24, 2.45) is 5.92 Å². The van der Waals surface area contributed by atoms with Crippen LogP contribution in [0.25, 0.3) is 0 Å². The van der Waals surface area contributed by atoms with Gasteiger partial charge in [-0.05, 0) is 45.6 Å². The molecule has 0 spiro atoms. The van der Waals surface area contributed by atoms with Crippen LogP contribution in [0, 0.1) is 17.2 Å². The molecule has 0 radical (unpaired) electrons. The molecule has 1 unspecified atom stereocenters. The van der Waals surface area contributed by atoms with Gasteiger partial charge < -0.3 is 15.4 Å². The number of hydrogen-bond acceptors (Lipinski definition) is 4. The topological polar surface area (TPSA) is 74.2 Å². The summed E-state index contributed by atoms with van der Waals surface area (Å²) >= 11 is 0. The van der Waals surface area contributed by atoms with E-state index < -0.39 is 5.54 Å². The zero-order valence-corrected chi connectivity index (χ0v) is 11.6. The maximum Gasteiger partial charge on any atom is 0.223 e. The normalized spacial score (nSPS) is 34.7. The number of nitrogens with zero attached hydrogens (tertiary/aromatic N) is 1. The predicted octanol–water partition coefficient (Wildman–Crippen LogP) is 0.954. The van der Waals surface area contributed by atoms with E-state index in [2.05, 4.69) is 16.7 Å². The van der Waals surface area contributed by atoms with Crippen molar-refractivity contribution in [1.82, 2.24) is 10.6 Å². The Morgan fingerprint density at radius 3 is 2.68 bits per heavy atom. The Kier molecular flexibility index (Phi) is 4.78. The lowest BCUT2D eigenvalue weighted by atomic mass is 9.77. The van der Waals surface area contributed by atoms with Crippen LogP contribution < -0.4 is 10.6 Å². The van der Waals surface area contributed by atoms with Crippen LogP contribution in [0.15, 0.2) is 0 Å². The van der Waals surface area contributed by atoms with Crippen molar-refractivity contribution < 1.29 is 9.53 Å². The second-order valence-electron chi connectivity index (χ2n) is 5.60. The molecule has 0 aromatic heterocycles. The van der Waals surface area contributed by atoms with Crippen molar-refractivity contribution in [2.75, 3.05) is 20.2 Å². The molecule has 0 bridgehead atoms. The fourth-order valence-corrected chi connectivity index (χ4v) is 2.95. The number of amides is 1. The van der Waals surface area contributed by atoms with E-state index in [0.717, 1.165) is 45.1 Å². The molecule has 5 nitrogen and oxygen atoms in total. The van der Waals surface area contributed by atoms with Gasteiger partial charge in [0.05, 0.1) is 12.2 Å². The minimum atomic E-state index is -0.425. The van der Waals surface area contributed by atoms with E-state index >= 15 is 0 Å². The maximum absolute atomic E-state index is 12.1. The Morgan fingerprint density at radius 2 is 2.16 bits per heavy atom. The van der Waals surface area contributed by atoms with Crippen molar-refractivity contribution >= 4 is 5.91 Å². The number of carbonyl (C=O) groups is 1. The molecule has 2 fully saturated rings. The van der Waals surface area contributed by atoms with Crippen LogP contribution >= 0.6 is 0 Å². The number of rotatable bonds is 4. The van der Waals surface area contributed by atoms with Gasteiger partial charge >= 0.3 is 0 Å². The summed E-state index contributed by atoms with van der Waals surface area (Å²) in [5.74, 6) is 0.175. The molecular weight excluding hydrogens is 242 g/mol. The third-order valence-corrected chi connectivity index (χ3v) is 4.43. The third kappa shape index (κ3) is 3.46. The first-order chi connectivity index (χ1) is 9.19. The van der Waals surface area contributed by atoms with Crippen molar-refractivity contribution in [3.8, 4) is 6.07 Å². The Balaban J connectivity index is 1.74. The van der Waals surface area contributed by atoms with Crippen LogP contribution in [-0.4, -0.2) is 37.7 Å². The Bertz CT molecular complexity index is 350. The van der Waals surface area contributed by atoms with E-state index in [0.29, 0.717) is 6.54 Å². The quantitative estimate of drug-likeness (QED) is 0.794. The van der Waals surface area contributed by atoms with Crippen molar-refractivity contribution in [3.63, 3.8) is 0 Å². The smallest absolute Gasteiger partial charge is 0.223 e.